The van der Waals surface area contributed by atoms with Gasteiger partial charge in [-0.05, 0) is 6.42 Å². The minimum Gasteiger partial charge on any atom is -0.388 e. The molecule has 28 heavy (non-hydrogen) atoms. The van der Waals surface area contributed by atoms with Crippen LogP contribution in [0.1, 0.15) is 39.8 Å². The molecule has 10 nitrogen and oxygen atoms in total. The van der Waals surface area contributed by atoms with Crippen molar-refractivity contribution in [2.24, 2.45) is 7.05 Å². The van der Waals surface area contributed by atoms with Crippen molar-refractivity contribution < 1.29 is 24.0 Å². The summed E-state index contributed by atoms with van der Waals surface area (Å²) in [7, 11) is -0.484. The van der Waals surface area contributed by atoms with E-state index in [2.05, 4.69) is 9.97 Å². The van der Waals surface area contributed by atoms with Crippen LogP contribution in [0.4, 0.5) is 0 Å². The van der Waals surface area contributed by atoms with E-state index >= 15 is 0 Å². The van der Waals surface area contributed by atoms with E-state index < -0.39 is 32.6 Å². The number of imidazole rings is 1. The number of nitrogens with one attached hydrogen (secondary N) is 1. The molecular formula is C17H28N5O5P. The zero-order valence-electron chi connectivity index (χ0n) is 16.4. The predicted octanol–water partition coefficient (Wildman–Crippen LogP) is 0.937. The molecule has 3 heterocycles. The van der Waals surface area contributed by atoms with Crippen molar-refractivity contribution in [1.82, 2.24) is 19.1 Å². The zero-order chi connectivity index (χ0) is 20.6. The van der Waals surface area contributed by atoms with Gasteiger partial charge < -0.3 is 24.0 Å². The Bertz CT molecular complexity index is 913. The number of aryl methyl sites for hydroxylation is 1. The predicted molar refractivity (Wildman–Crippen MR) is 102 cm³/mol. The van der Waals surface area contributed by atoms with Gasteiger partial charge in [0.2, 0.25) is 0 Å². The van der Waals surface area contributed by atoms with E-state index in [-0.39, 0.29) is 17.3 Å². The Labute approximate surface area is 163 Å². The molecule has 2 aromatic rings. The molecule has 2 aromatic heterocycles. The maximum absolute atomic E-state index is 12.1. The summed E-state index contributed by atoms with van der Waals surface area (Å²) in [5.41, 5.74) is 0.902. The van der Waals surface area contributed by atoms with Crippen LogP contribution in [-0.4, -0.2) is 59.4 Å². The standard InChI is InChI=1S/C17H28N5O5P/c1-5-10(27-28(25)9(2)3)6-11-13(23)14(24)17(26-11)22-8-19-12-15(18)21(4)7-20-16(12)22/h7-11,13-14,17-18,23-24,28H,5-6H2,1-4H3/t10?,11-,13-,14-,17+/m1/s1. The molecule has 1 saturated heterocycles. The molecule has 3 N–H and O–H groups in total. The quantitative estimate of drug-likeness (QED) is 0.575. The van der Waals surface area contributed by atoms with Gasteiger partial charge in [0.25, 0.3) is 0 Å². The van der Waals surface area contributed by atoms with Gasteiger partial charge in [-0.1, -0.05) is 20.8 Å². The molecule has 156 valence electrons. The average molecular weight is 413 g/mol. The Kier molecular flexibility index (Phi) is 6.36. The summed E-state index contributed by atoms with van der Waals surface area (Å²) < 4.78 is 26.7. The maximum Gasteiger partial charge on any atom is 0.194 e. The number of aromatic nitrogens is 4. The first-order chi connectivity index (χ1) is 13.2. The first-order valence-electron chi connectivity index (χ1n) is 9.39. The lowest BCUT2D eigenvalue weighted by Crippen LogP contribution is -2.33. The highest BCUT2D eigenvalue weighted by molar-refractivity contribution is 7.39. The Morgan fingerprint density at radius 3 is 2.68 bits per heavy atom. The fraction of sp³-hybridized carbons (Fsp3) is 0.706. The lowest BCUT2D eigenvalue weighted by Gasteiger charge is -2.22. The van der Waals surface area contributed by atoms with Crippen molar-refractivity contribution >= 4 is 19.2 Å². The summed E-state index contributed by atoms with van der Waals surface area (Å²) in [6.07, 6.45) is -0.353. The van der Waals surface area contributed by atoms with Gasteiger partial charge in [0.15, 0.2) is 25.4 Å². The Morgan fingerprint density at radius 1 is 1.32 bits per heavy atom. The van der Waals surface area contributed by atoms with Crippen LogP contribution in [-0.2, 0) is 20.9 Å². The van der Waals surface area contributed by atoms with Crippen LogP contribution < -0.4 is 5.49 Å². The van der Waals surface area contributed by atoms with Gasteiger partial charge in [-0.25, -0.2) is 9.97 Å². The molecule has 0 saturated carbocycles. The van der Waals surface area contributed by atoms with Crippen molar-refractivity contribution in [3.63, 3.8) is 0 Å². The van der Waals surface area contributed by atoms with Crippen LogP contribution in [0.3, 0.4) is 0 Å². The van der Waals surface area contributed by atoms with E-state index in [1.165, 1.54) is 21.8 Å². The van der Waals surface area contributed by atoms with Crippen LogP contribution in [0.25, 0.3) is 11.2 Å². The molecule has 0 aliphatic carbocycles. The highest BCUT2D eigenvalue weighted by atomic mass is 31.1. The topological polar surface area (TPSA) is 135 Å². The van der Waals surface area contributed by atoms with E-state index in [0.29, 0.717) is 24.0 Å². The summed E-state index contributed by atoms with van der Waals surface area (Å²) in [6.45, 7) is 5.59. The molecule has 1 aliphatic heterocycles. The summed E-state index contributed by atoms with van der Waals surface area (Å²) in [5.74, 6) is 0. The third-order valence-electron chi connectivity index (χ3n) is 5.01. The van der Waals surface area contributed by atoms with Crippen LogP contribution in [0.2, 0.25) is 0 Å². The second kappa shape index (κ2) is 8.42. The van der Waals surface area contributed by atoms with Crippen molar-refractivity contribution in [3.8, 4) is 0 Å². The first kappa shape index (κ1) is 21.1. The van der Waals surface area contributed by atoms with Gasteiger partial charge in [-0.2, -0.15) is 0 Å². The average Bonchev–Trinajstić information content (AvgIpc) is 3.20. The molecular weight excluding hydrogens is 385 g/mol. The molecule has 0 spiro atoms. The number of rotatable bonds is 7. The lowest BCUT2D eigenvalue weighted by atomic mass is 10.0. The van der Waals surface area contributed by atoms with Crippen molar-refractivity contribution in [1.29, 1.82) is 5.41 Å². The third kappa shape index (κ3) is 3.92. The molecule has 1 aliphatic rings. The van der Waals surface area contributed by atoms with Crippen LogP contribution in [0.5, 0.6) is 0 Å². The largest absolute Gasteiger partial charge is 0.388 e. The van der Waals surface area contributed by atoms with Gasteiger partial charge in [0.1, 0.15) is 17.7 Å². The van der Waals surface area contributed by atoms with Crippen LogP contribution in [0.15, 0.2) is 12.7 Å². The van der Waals surface area contributed by atoms with Gasteiger partial charge in [-0.15, -0.1) is 0 Å². The zero-order valence-corrected chi connectivity index (χ0v) is 17.4. The Hall–Kier alpha value is -1.58. The molecule has 0 amide bonds. The normalized spacial score (nSPS) is 27.5. The third-order valence-corrected chi connectivity index (χ3v) is 6.52. The molecule has 1 fully saturated rings. The van der Waals surface area contributed by atoms with E-state index in [9.17, 15) is 14.8 Å². The molecule has 0 aromatic carbocycles. The van der Waals surface area contributed by atoms with Crippen molar-refractivity contribution in [2.75, 3.05) is 0 Å². The van der Waals surface area contributed by atoms with E-state index in [4.69, 9.17) is 14.7 Å². The fourth-order valence-corrected chi connectivity index (χ4v) is 4.08. The Morgan fingerprint density at radius 2 is 2.04 bits per heavy atom. The summed E-state index contributed by atoms with van der Waals surface area (Å²) in [6, 6.07) is 0. The van der Waals surface area contributed by atoms with Gasteiger partial charge >= 0.3 is 0 Å². The minimum absolute atomic E-state index is 0.0596. The minimum atomic E-state index is -2.18. The molecule has 3 rings (SSSR count). The number of hydrogen-bond donors (Lipinski definition) is 3. The molecule has 0 bridgehead atoms. The molecule has 6 atom stereocenters. The van der Waals surface area contributed by atoms with Gasteiger partial charge in [0.05, 0.1) is 24.9 Å². The maximum atomic E-state index is 12.1. The number of ether oxygens (including phenoxy) is 1. The summed E-state index contributed by atoms with van der Waals surface area (Å²) >= 11 is 0. The number of hydrogen-bond acceptors (Lipinski definition) is 8. The fourth-order valence-electron chi connectivity index (χ4n) is 3.21. The molecule has 0 radical (unpaired) electrons. The number of nitrogens with zero attached hydrogens (tertiary/aromatic N) is 4. The molecule has 2 unspecified atom stereocenters. The number of fused-ring (bicyclic) bond motifs is 1. The second-order valence-electron chi connectivity index (χ2n) is 7.43. The first-order valence-corrected chi connectivity index (χ1v) is 10.8. The highest BCUT2D eigenvalue weighted by Gasteiger charge is 2.45. The van der Waals surface area contributed by atoms with Gasteiger partial charge in [-0.3, -0.25) is 14.5 Å². The summed E-state index contributed by atoms with van der Waals surface area (Å²) in [4.78, 5) is 8.48. The van der Waals surface area contributed by atoms with Crippen LogP contribution >= 0.6 is 8.03 Å². The summed E-state index contributed by atoms with van der Waals surface area (Å²) in [5, 5.41) is 29.1. The Balaban J connectivity index is 1.80. The lowest BCUT2D eigenvalue weighted by molar-refractivity contribution is -0.0463. The SMILES string of the molecule is CCC(C[C@H]1O[C@H](n2cnc3c(=N)n(C)cnc32)[C@H](O)[C@@H]1O)O[PH](=O)C(C)C. The van der Waals surface area contributed by atoms with E-state index in [1.54, 1.807) is 7.05 Å². The van der Waals surface area contributed by atoms with E-state index in [1.807, 2.05) is 20.8 Å². The van der Waals surface area contributed by atoms with Gasteiger partial charge in [0, 0.05) is 19.1 Å². The number of aliphatic hydroxyl groups excluding tert-OH is 2. The second-order valence-corrected chi connectivity index (χ2v) is 9.46. The van der Waals surface area contributed by atoms with Crippen LogP contribution in [0, 0.1) is 5.41 Å². The smallest absolute Gasteiger partial charge is 0.194 e. The van der Waals surface area contributed by atoms with E-state index in [0.717, 1.165) is 0 Å². The number of aliphatic hydroxyl groups is 2. The van der Waals surface area contributed by atoms with Crippen molar-refractivity contribution in [3.05, 3.63) is 18.1 Å². The monoisotopic (exact) mass is 413 g/mol. The highest BCUT2D eigenvalue weighted by Crippen LogP contribution is 2.37. The molecule has 11 heteroatoms. The van der Waals surface area contributed by atoms with Crippen molar-refractivity contribution in [2.45, 2.75) is 69.9 Å².